The van der Waals surface area contributed by atoms with Crippen LogP contribution in [-0.4, -0.2) is 49.5 Å². The van der Waals surface area contributed by atoms with Crippen molar-refractivity contribution >= 4 is 12.2 Å². The van der Waals surface area contributed by atoms with Gasteiger partial charge in [0.2, 0.25) is 0 Å². The molecule has 0 saturated carbocycles. The molecule has 132 valence electrons. The number of carbonyl (C=O) groups is 1. The summed E-state index contributed by atoms with van der Waals surface area (Å²) >= 11 is 0. The van der Waals surface area contributed by atoms with Gasteiger partial charge in [-0.25, -0.2) is 4.99 Å². The van der Waals surface area contributed by atoms with E-state index in [1.54, 1.807) is 32.8 Å². The lowest BCUT2D eigenvalue weighted by Gasteiger charge is -2.16. The SMILES string of the molecule is CC(C)C.CCC1CCCO1.CN(C)C(N)=NC(C)(C)C=O. The van der Waals surface area contributed by atoms with Gasteiger partial charge in [-0.05, 0) is 39.0 Å². The number of ether oxygens (including phenoxy) is 1. The van der Waals surface area contributed by atoms with Crippen molar-refractivity contribution in [2.24, 2.45) is 16.6 Å². The highest BCUT2D eigenvalue weighted by Gasteiger charge is 2.15. The van der Waals surface area contributed by atoms with E-state index < -0.39 is 5.54 Å². The van der Waals surface area contributed by atoms with Gasteiger partial charge in [-0.3, -0.25) is 0 Å². The van der Waals surface area contributed by atoms with Gasteiger partial charge in [0.1, 0.15) is 11.8 Å². The number of hydrogen-bond donors (Lipinski definition) is 1. The molecular weight excluding hydrogens is 278 g/mol. The number of aliphatic imine (C=N–C) groups is 1. The fraction of sp³-hybridized carbons (Fsp3) is 0.882. The normalized spacial score (nSPS) is 18.0. The molecule has 0 spiro atoms. The minimum atomic E-state index is -0.714. The summed E-state index contributed by atoms with van der Waals surface area (Å²) in [5, 5.41) is 0. The zero-order valence-electron chi connectivity index (χ0n) is 15.8. The van der Waals surface area contributed by atoms with Crippen LogP contribution in [0.1, 0.15) is 60.8 Å². The molecule has 1 atom stereocenters. The molecule has 22 heavy (non-hydrogen) atoms. The molecule has 2 N–H and O–H groups in total. The van der Waals surface area contributed by atoms with Crippen LogP contribution in [0, 0.1) is 5.92 Å². The number of guanidine groups is 1. The molecule has 1 rings (SSSR count). The van der Waals surface area contributed by atoms with E-state index in [4.69, 9.17) is 10.5 Å². The molecule has 0 aromatic heterocycles. The lowest BCUT2D eigenvalue weighted by molar-refractivity contribution is -0.111. The van der Waals surface area contributed by atoms with Gasteiger partial charge in [-0.15, -0.1) is 0 Å². The quantitative estimate of drug-likeness (QED) is 0.494. The average molecular weight is 316 g/mol. The van der Waals surface area contributed by atoms with Crippen LogP contribution in [0.15, 0.2) is 4.99 Å². The second kappa shape index (κ2) is 12.4. The van der Waals surface area contributed by atoms with E-state index in [1.165, 1.54) is 19.3 Å². The molecule has 1 aliphatic heterocycles. The molecule has 0 aromatic carbocycles. The Balaban J connectivity index is 0. The Morgan fingerprint density at radius 1 is 1.41 bits per heavy atom. The topological polar surface area (TPSA) is 67.9 Å². The van der Waals surface area contributed by atoms with Gasteiger partial charge in [0.25, 0.3) is 0 Å². The molecule has 0 amide bonds. The molecule has 1 saturated heterocycles. The zero-order valence-corrected chi connectivity index (χ0v) is 15.8. The van der Waals surface area contributed by atoms with Crippen LogP contribution in [0.5, 0.6) is 0 Å². The van der Waals surface area contributed by atoms with E-state index in [0.717, 1.165) is 18.8 Å². The van der Waals surface area contributed by atoms with Gasteiger partial charge in [-0.1, -0.05) is 27.7 Å². The van der Waals surface area contributed by atoms with Crippen LogP contribution < -0.4 is 5.73 Å². The molecule has 1 unspecified atom stereocenters. The van der Waals surface area contributed by atoms with Crippen LogP contribution in [-0.2, 0) is 9.53 Å². The van der Waals surface area contributed by atoms with Crippen molar-refractivity contribution in [3.8, 4) is 0 Å². The van der Waals surface area contributed by atoms with Crippen molar-refractivity contribution < 1.29 is 9.53 Å². The van der Waals surface area contributed by atoms with Crippen molar-refractivity contribution in [2.75, 3.05) is 20.7 Å². The summed E-state index contributed by atoms with van der Waals surface area (Å²) in [5.41, 5.74) is 4.78. The highest BCUT2D eigenvalue weighted by molar-refractivity contribution is 5.80. The summed E-state index contributed by atoms with van der Waals surface area (Å²) in [4.78, 5) is 16.0. The maximum Gasteiger partial charge on any atom is 0.191 e. The van der Waals surface area contributed by atoms with Gasteiger partial charge in [0.05, 0.1) is 6.10 Å². The Morgan fingerprint density at radius 2 is 1.91 bits per heavy atom. The van der Waals surface area contributed by atoms with Crippen molar-refractivity contribution in [1.29, 1.82) is 0 Å². The Labute approximate surface area is 137 Å². The fourth-order valence-electron chi connectivity index (χ4n) is 1.39. The van der Waals surface area contributed by atoms with E-state index in [0.29, 0.717) is 12.1 Å². The van der Waals surface area contributed by atoms with E-state index in [1.807, 2.05) is 0 Å². The standard InChI is InChI=1S/C7H15N3O.C6H12O.C4H10/c1-7(2,5-11)9-6(8)10(3)4;1-2-6-4-3-5-7-6;1-4(2)3/h5H,1-4H3,(H2,8,9);6H,2-5H2,1H3;4H,1-3H3. The Bertz CT molecular complexity index is 304. The first-order valence-corrected chi connectivity index (χ1v) is 8.16. The number of nitrogens with two attached hydrogens (primary N) is 1. The summed E-state index contributed by atoms with van der Waals surface area (Å²) in [7, 11) is 3.55. The molecule has 0 bridgehead atoms. The van der Waals surface area contributed by atoms with Crippen molar-refractivity contribution in [2.45, 2.75) is 72.4 Å². The summed E-state index contributed by atoms with van der Waals surface area (Å²) in [6.07, 6.45) is 5.12. The number of nitrogens with zero attached hydrogens (tertiary/aromatic N) is 2. The molecule has 5 heteroatoms. The average Bonchev–Trinajstić information content (AvgIpc) is 2.91. The summed E-state index contributed by atoms with van der Waals surface area (Å²) in [6.45, 7) is 13.1. The minimum Gasteiger partial charge on any atom is -0.378 e. The summed E-state index contributed by atoms with van der Waals surface area (Å²) in [5.74, 6) is 1.20. The van der Waals surface area contributed by atoms with Gasteiger partial charge in [0, 0.05) is 20.7 Å². The van der Waals surface area contributed by atoms with Crippen LogP contribution in [0.3, 0.4) is 0 Å². The lowest BCUT2D eigenvalue weighted by Crippen LogP contribution is -2.34. The zero-order chi connectivity index (χ0) is 17.8. The smallest absolute Gasteiger partial charge is 0.191 e. The molecule has 5 nitrogen and oxygen atoms in total. The van der Waals surface area contributed by atoms with Gasteiger partial charge >= 0.3 is 0 Å². The first-order valence-electron chi connectivity index (χ1n) is 8.16. The fourth-order valence-corrected chi connectivity index (χ4v) is 1.39. The van der Waals surface area contributed by atoms with Crippen LogP contribution in [0.2, 0.25) is 0 Å². The third-order valence-electron chi connectivity index (χ3n) is 2.63. The maximum absolute atomic E-state index is 10.4. The number of rotatable bonds is 3. The monoisotopic (exact) mass is 315 g/mol. The second-order valence-corrected chi connectivity index (χ2v) is 6.91. The van der Waals surface area contributed by atoms with Gasteiger partial charge < -0.3 is 20.2 Å². The minimum absolute atomic E-state index is 0.363. The highest BCUT2D eigenvalue weighted by atomic mass is 16.5. The number of carbonyl (C=O) groups excluding carboxylic acids is 1. The van der Waals surface area contributed by atoms with Crippen LogP contribution in [0.4, 0.5) is 0 Å². The molecule has 0 radical (unpaired) electrons. The van der Waals surface area contributed by atoms with Gasteiger partial charge in [0.15, 0.2) is 5.96 Å². The van der Waals surface area contributed by atoms with E-state index in [2.05, 4.69) is 32.7 Å². The van der Waals surface area contributed by atoms with Crippen LogP contribution in [0.25, 0.3) is 0 Å². The molecule has 1 aliphatic rings. The Kier molecular flexibility index (Phi) is 13.1. The first kappa shape index (κ1) is 23.2. The second-order valence-electron chi connectivity index (χ2n) is 6.91. The third kappa shape index (κ3) is 15.3. The van der Waals surface area contributed by atoms with Crippen LogP contribution >= 0.6 is 0 Å². The van der Waals surface area contributed by atoms with E-state index in [9.17, 15) is 4.79 Å². The predicted molar refractivity (Wildman–Crippen MR) is 95.2 cm³/mol. The van der Waals surface area contributed by atoms with Crippen molar-refractivity contribution in [3.63, 3.8) is 0 Å². The third-order valence-corrected chi connectivity index (χ3v) is 2.63. The molecule has 1 heterocycles. The Morgan fingerprint density at radius 3 is 2.14 bits per heavy atom. The predicted octanol–water partition coefficient (Wildman–Crippen LogP) is 3.08. The first-order chi connectivity index (χ1) is 10.1. The molecular formula is C17H37N3O2. The summed E-state index contributed by atoms with van der Waals surface area (Å²) < 4.78 is 5.30. The van der Waals surface area contributed by atoms with Crippen molar-refractivity contribution in [1.82, 2.24) is 4.90 Å². The Hall–Kier alpha value is -1.10. The van der Waals surface area contributed by atoms with Gasteiger partial charge in [-0.2, -0.15) is 0 Å². The number of hydrogen-bond acceptors (Lipinski definition) is 3. The molecule has 1 fully saturated rings. The van der Waals surface area contributed by atoms with E-state index >= 15 is 0 Å². The van der Waals surface area contributed by atoms with E-state index in [-0.39, 0.29) is 0 Å². The largest absolute Gasteiger partial charge is 0.378 e. The molecule has 0 aromatic rings. The summed E-state index contributed by atoms with van der Waals surface area (Å²) in [6, 6.07) is 0. The highest BCUT2D eigenvalue weighted by Crippen LogP contribution is 2.13. The molecule has 0 aliphatic carbocycles. The maximum atomic E-state index is 10.4. The number of aldehydes is 1. The lowest BCUT2D eigenvalue weighted by atomic mass is 10.1. The van der Waals surface area contributed by atoms with Crippen molar-refractivity contribution in [3.05, 3.63) is 0 Å².